The van der Waals surface area contributed by atoms with Crippen molar-refractivity contribution in [2.24, 2.45) is 5.92 Å². The van der Waals surface area contributed by atoms with E-state index < -0.39 is 9.84 Å². The van der Waals surface area contributed by atoms with E-state index >= 15 is 0 Å². The van der Waals surface area contributed by atoms with E-state index in [9.17, 15) is 8.42 Å². The van der Waals surface area contributed by atoms with Gasteiger partial charge >= 0.3 is 0 Å². The summed E-state index contributed by atoms with van der Waals surface area (Å²) in [6.45, 7) is 1.91. The molecule has 11 heavy (non-hydrogen) atoms. The summed E-state index contributed by atoms with van der Waals surface area (Å²) in [7, 11) is -2.91. The van der Waals surface area contributed by atoms with Crippen LogP contribution in [0.15, 0.2) is 24.3 Å². The Hall–Kier alpha value is -0.570. The second-order valence-electron chi connectivity index (χ2n) is 2.92. The maximum Gasteiger partial charge on any atom is 0.154 e. The summed E-state index contributed by atoms with van der Waals surface area (Å²) < 4.78 is 22.2. The largest absolute Gasteiger partial charge is 0.228 e. The zero-order valence-corrected chi connectivity index (χ0v) is 7.51. The lowest BCUT2D eigenvalue weighted by Crippen LogP contribution is -2.25. The van der Waals surface area contributed by atoms with Crippen molar-refractivity contribution in [3.8, 4) is 0 Å². The van der Waals surface area contributed by atoms with E-state index in [1.165, 1.54) is 6.26 Å². The standard InChI is InChI=1S/C8H12O2S/c1-7-5-3-4-6-8(7)11(2,9)10/h3-8H,1-2H3. The third-order valence-corrected chi connectivity index (χ3v) is 3.41. The summed E-state index contributed by atoms with van der Waals surface area (Å²) in [4.78, 5) is 0. The number of hydrogen-bond donors (Lipinski definition) is 0. The second-order valence-corrected chi connectivity index (χ2v) is 5.13. The lowest BCUT2D eigenvalue weighted by atomic mass is 10.0. The molecule has 0 amide bonds. The van der Waals surface area contributed by atoms with Gasteiger partial charge in [-0.25, -0.2) is 8.42 Å². The van der Waals surface area contributed by atoms with E-state index in [1.54, 1.807) is 12.2 Å². The van der Waals surface area contributed by atoms with Gasteiger partial charge in [-0.3, -0.25) is 0 Å². The minimum Gasteiger partial charge on any atom is -0.228 e. The molecule has 0 heterocycles. The van der Waals surface area contributed by atoms with Crippen LogP contribution in [0.25, 0.3) is 0 Å². The zero-order chi connectivity index (χ0) is 8.48. The van der Waals surface area contributed by atoms with Crippen molar-refractivity contribution < 1.29 is 8.42 Å². The van der Waals surface area contributed by atoms with Gasteiger partial charge in [-0.1, -0.05) is 31.2 Å². The SMILES string of the molecule is CC1C=CC=CC1S(C)(=O)=O. The molecule has 0 radical (unpaired) electrons. The quantitative estimate of drug-likeness (QED) is 0.595. The molecule has 1 rings (SSSR count). The average Bonchev–Trinajstić information content (AvgIpc) is 1.86. The highest BCUT2D eigenvalue weighted by molar-refractivity contribution is 7.91. The molecule has 3 heteroatoms. The summed E-state index contributed by atoms with van der Waals surface area (Å²) >= 11 is 0. The Kier molecular flexibility index (Phi) is 2.18. The van der Waals surface area contributed by atoms with Gasteiger partial charge in [-0.05, 0) is 5.92 Å². The maximum atomic E-state index is 11.1. The summed E-state index contributed by atoms with van der Waals surface area (Å²) in [6, 6.07) is 0. The zero-order valence-electron chi connectivity index (χ0n) is 6.69. The van der Waals surface area contributed by atoms with Crippen molar-refractivity contribution in [1.29, 1.82) is 0 Å². The smallest absolute Gasteiger partial charge is 0.154 e. The Bertz CT molecular complexity index is 285. The predicted molar refractivity (Wildman–Crippen MR) is 46.1 cm³/mol. The molecule has 2 nitrogen and oxygen atoms in total. The van der Waals surface area contributed by atoms with Gasteiger partial charge in [0, 0.05) is 6.26 Å². The normalized spacial score (nSPS) is 30.7. The first kappa shape index (κ1) is 8.53. The monoisotopic (exact) mass is 172 g/mol. The highest BCUT2D eigenvalue weighted by atomic mass is 32.2. The van der Waals surface area contributed by atoms with Gasteiger partial charge in [0.15, 0.2) is 9.84 Å². The minimum absolute atomic E-state index is 0.106. The van der Waals surface area contributed by atoms with Gasteiger partial charge in [0.05, 0.1) is 5.25 Å². The van der Waals surface area contributed by atoms with Crippen molar-refractivity contribution in [2.45, 2.75) is 12.2 Å². The van der Waals surface area contributed by atoms with Crippen LogP contribution in [0.5, 0.6) is 0 Å². The van der Waals surface area contributed by atoms with Crippen LogP contribution in [0.4, 0.5) is 0 Å². The molecule has 0 aliphatic heterocycles. The topological polar surface area (TPSA) is 34.1 Å². The Balaban J connectivity index is 2.91. The highest BCUT2D eigenvalue weighted by Crippen LogP contribution is 2.18. The van der Waals surface area contributed by atoms with Crippen LogP contribution in [0.1, 0.15) is 6.92 Å². The maximum absolute atomic E-state index is 11.1. The van der Waals surface area contributed by atoms with Crippen LogP contribution < -0.4 is 0 Å². The van der Waals surface area contributed by atoms with Gasteiger partial charge in [-0.15, -0.1) is 0 Å². The van der Waals surface area contributed by atoms with Gasteiger partial charge in [0.1, 0.15) is 0 Å². The predicted octanol–water partition coefficient (Wildman–Crippen LogP) is 1.16. The van der Waals surface area contributed by atoms with Crippen LogP contribution in [-0.2, 0) is 9.84 Å². The molecule has 0 bridgehead atoms. The van der Waals surface area contributed by atoms with Crippen molar-refractivity contribution >= 4 is 9.84 Å². The summed E-state index contributed by atoms with van der Waals surface area (Å²) in [5, 5.41) is -0.326. The first-order valence-electron chi connectivity index (χ1n) is 3.55. The molecule has 62 valence electrons. The third kappa shape index (κ3) is 1.93. The van der Waals surface area contributed by atoms with E-state index in [-0.39, 0.29) is 11.2 Å². The fourth-order valence-electron chi connectivity index (χ4n) is 1.23. The van der Waals surface area contributed by atoms with Crippen molar-refractivity contribution in [3.05, 3.63) is 24.3 Å². The van der Waals surface area contributed by atoms with Crippen LogP contribution in [0.3, 0.4) is 0 Å². The van der Waals surface area contributed by atoms with E-state index in [0.29, 0.717) is 0 Å². The highest BCUT2D eigenvalue weighted by Gasteiger charge is 2.23. The fraction of sp³-hybridized carbons (Fsp3) is 0.500. The van der Waals surface area contributed by atoms with E-state index in [4.69, 9.17) is 0 Å². The Morgan fingerprint density at radius 2 is 1.73 bits per heavy atom. The van der Waals surface area contributed by atoms with Crippen molar-refractivity contribution in [1.82, 2.24) is 0 Å². The lowest BCUT2D eigenvalue weighted by Gasteiger charge is -2.17. The average molecular weight is 172 g/mol. The number of rotatable bonds is 1. The van der Waals surface area contributed by atoms with Gasteiger partial charge in [0.25, 0.3) is 0 Å². The molecule has 0 N–H and O–H groups in total. The molecule has 0 fully saturated rings. The third-order valence-electron chi connectivity index (χ3n) is 1.84. The van der Waals surface area contributed by atoms with E-state index in [1.807, 2.05) is 19.1 Å². The minimum atomic E-state index is -2.91. The molecule has 0 aromatic heterocycles. The molecular formula is C8H12O2S. The molecule has 0 saturated heterocycles. The Labute approximate surface area is 67.5 Å². The molecular weight excluding hydrogens is 160 g/mol. The van der Waals surface area contributed by atoms with Gasteiger partial charge in [-0.2, -0.15) is 0 Å². The number of hydrogen-bond acceptors (Lipinski definition) is 2. The van der Waals surface area contributed by atoms with Gasteiger partial charge in [0.2, 0.25) is 0 Å². The number of allylic oxidation sites excluding steroid dienone is 3. The lowest BCUT2D eigenvalue weighted by molar-refractivity contribution is 0.578. The molecule has 0 aromatic carbocycles. The van der Waals surface area contributed by atoms with Crippen LogP contribution in [0, 0.1) is 5.92 Å². The fourth-order valence-corrected chi connectivity index (χ4v) is 2.48. The molecule has 2 atom stereocenters. The van der Waals surface area contributed by atoms with Crippen LogP contribution in [0.2, 0.25) is 0 Å². The van der Waals surface area contributed by atoms with E-state index in [2.05, 4.69) is 0 Å². The molecule has 0 spiro atoms. The Morgan fingerprint density at radius 3 is 2.09 bits per heavy atom. The molecule has 1 aliphatic carbocycles. The van der Waals surface area contributed by atoms with Gasteiger partial charge < -0.3 is 0 Å². The molecule has 0 aromatic rings. The van der Waals surface area contributed by atoms with Crippen LogP contribution in [-0.4, -0.2) is 19.9 Å². The van der Waals surface area contributed by atoms with E-state index in [0.717, 1.165) is 0 Å². The Morgan fingerprint density at radius 1 is 1.18 bits per heavy atom. The summed E-state index contributed by atoms with van der Waals surface area (Å²) in [5.74, 6) is 0.106. The summed E-state index contributed by atoms with van der Waals surface area (Å²) in [5.41, 5.74) is 0. The molecule has 1 aliphatic rings. The first-order valence-corrected chi connectivity index (χ1v) is 5.51. The molecule has 0 saturated carbocycles. The van der Waals surface area contributed by atoms with Crippen LogP contribution >= 0.6 is 0 Å². The second kappa shape index (κ2) is 2.81. The molecule has 2 unspecified atom stereocenters. The first-order chi connectivity index (χ1) is 5.02. The van der Waals surface area contributed by atoms with Crippen molar-refractivity contribution in [2.75, 3.05) is 6.26 Å². The summed E-state index contributed by atoms with van der Waals surface area (Å²) in [6.07, 6.45) is 8.58. The van der Waals surface area contributed by atoms with Crippen molar-refractivity contribution in [3.63, 3.8) is 0 Å². The number of sulfone groups is 1.